The lowest BCUT2D eigenvalue weighted by atomic mass is 9.84. The number of imide groups is 1. The van der Waals surface area contributed by atoms with E-state index in [1.54, 1.807) is 0 Å². The Labute approximate surface area is 99.3 Å². The lowest BCUT2D eigenvalue weighted by Crippen LogP contribution is -2.41. The Morgan fingerprint density at radius 3 is 2.00 bits per heavy atom. The van der Waals surface area contributed by atoms with Gasteiger partial charge in [-0.15, -0.1) is 0 Å². The fraction of sp³-hybridized carbons (Fsp3) is 0.818. The molecule has 0 radical (unpaired) electrons. The highest BCUT2D eigenvalue weighted by Crippen LogP contribution is 2.31. The van der Waals surface area contributed by atoms with E-state index in [1.807, 2.05) is 0 Å². The third-order valence-electron chi connectivity index (χ3n) is 3.43. The smallest absolute Gasteiger partial charge is 0.229 e. The van der Waals surface area contributed by atoms with Crippen molar-refractivity contribution in [1.82, 2.24) is 4.90 Å². The van der Waals surface area contributed by atoms with Crippen molar-refractivity contribution in [2.45, 2.75) is 39.5 Å². The normalized spacial score (nSPS) is 17.7. The summed E-state index contributed by atoms with van der Waals surface area (Å²) in [5.74, 6) is -0.0144. The molecule has 1 heterocycles. The molecule has 0 aromatic carbocycles. The van der Waals surface area contributed by atoms with Gasteiger partial charge in [0.15, 0.2) is 0 Å². The monoisotopic (exact) mass is 275 g/mol. The lowest BCUT2D eigenvalue weighted by Gasteiger charge is -2.33. The van der Waals surface area contributed by atoms with Crippen molar-refractivity contribution in [3.63, 3.8) is 0 Å². The maximum atomic E-state index is 11.5. The summed E-state index contributed by atoms with van der Waals surface area (Å²) in [4.78, 5) is 24.4. The largest absolute Gasteiger partial charge is 0.282 e. The van der Waals surface area contributed by atoms with Gasteiger partial charge in [-0.1, -0.05) is 29.8 Å². The number of amides is 2. The summed E-state index contributed by atoms with van der Waals surface area (Å²) < 4.78 is 0. The van der Waals surface area contributed by atoms with E-state index < -0.39 is 0 Å². The van der Waals surface area contributed by atoms with Gasteiger partial charge in [-0.2, -0.15) is 0 Å². The molecule has 0 aromatic heterocycles. The molecule has 1 rings (SSSR count). The minimum atomic E-state index is -0.00720. The van der Waals surface area contributed by atoms with Gasteiger partial charge < -0.3 is 0 Å². The second kappa shape index (κ2) is 5.10. The van der Waals surface area contributed by atoms with Crippen molar-refractivity contribution < 1.29 is 9.59 Å². The first-order valence-electron chi connectivity index (χ1n) is 5.47. The quantitative estimate of drug-likeness (QED) is 0.571. The number of carbonyl (C=O) groups excluding carboxylic acids is 2. The van der Waals surface area contributed by atoms with Crippen molar-refractivity contribution in [3.8, 4) is 0 Å². The Balaban J connectivity index is 2.73. The molecule has 3 nitrogen and oxygen atoms in total. The standard InChI is InChI=1S/C11H18BrNO2/c1-3-11(4-2,7-12)8-13-9(14)5-6-10(13)15/h3-8H2,1-2H3. The van der Waals surface area contributed by atoms with E-state index in [2.05, 4.69) is 29.8 Å². The second-order valence-corrected chi connectivity index (χ2v) is 4.78. The third-order valence-corrected chi connectivity index (χ3v) is 4.62. The minimum absolute atomic E-state index is 0.00720. The number of alkyl halides is 1. The molecule has 0 bridgehead atoms. The summed E-state index contributed by atoms with van der Waals surface area (Å²) in [5.41, 5.74) is 0.0513. The Morgan fingerprint density at radius 1 is 1.20 bits per heavy atom. The number of halogens is 1. The van der Waals surface area contributed by atoms with Crippen LogP contribution in [-0.4, -0.2) is 28.6 Å². The number of nitrogens with zero attached hydrogens (tertiary/aromatic N) is 1. The van der Waals surface area contributed by atoms with Gasteiger partial charge in [0.05, 0.1) is 0 Å². The zero-order valence-corrected chi connectivity index (χ0v) is 11.0. The average Bonchev–Trinajstić information content (AvgIpc) is 2.57. The third kappa shape index (κ3) is 2.60. The van der Waals surface area contributed by atoms with Crippen LogP contribution < -0.4 is 0 Å². The molecular weight excluding hydrogens is 258 g/mol. The van der Waals surface area contributed by atoms with Crippen molar-refractivity contribution in [1.29, 1.82) is 0 Å². The zero-order valence-electron chi connectivity index (χ0n) is 9.38. The molecule has 86 valence electrons. The van der Waals surface area contributed by atoms with E-state index >= 15 is 0 Å². The minimum Gasteiger partial charge on any atom is -0.282 e. The molecule has 1 aliphatic rings. The molecular formula is C11H18BrNO2. The number of likely N-dealkylation sites (tertiary alicyclic amines) is 1. The maximum absolute atomic E-state index is 11.5. The summed E-state index contributed by atoms with van der Waals surface area (Å²) in [5, 5.41) is 0.837. The van der Waals surface area contributed by atoms with Crippen LogP contribution in [0.25, 0.3) is 0 Å². The fourth-order valence-electron chi connectivity index (χ4n) is 1.84. The summed E-state index contributed by atoms with van der Waals surface area (Å²) >= 11 is 3.49. The zero-order chi connectivity index (χ0) is 11.5. The van der Waals surface area contributed by atoms with Crippen LogP contribution in [0, 0.1) is 5.41 Å². The molecule has 4 heteroatoms. The number of hydrogen-bond acceptors (Lipinski definition) is 2. The summed E-state index contributed by atoms with van der Waals surface area (Å²) in [6, 6.07) is 0. The van der Waals surface area contributed by atoms with E-state index in [4.69, 9.17) is 0 Å². The highest BCUT2D eigenvalue weighted by Gasteiger charge is 2.36. The van der Waals surface area contributed by atoms with Crippen molar-refractivity contribution in [2.24, 2.45) is 5.41 Å². The van der Waals surface area contributed by atoms with E-state index in [0.29, 0.717) is 19.4 Å². The summed E-state index contributed by atoms with van der Waals surface area (Å²) in [7, 11) is 0. The average molecular weight is 276 g/mol. The Bertz CT molecular complexity index is 237. The first-order valence-corrected chi connectivity index (χ1v) is 6.60. The number of hydrogen-bond donors (Lipinski definition) is 0. The summed E-state index contributed by atoms with van der Waals surface area (Å²) in [6.07, 6.45) is 2.74. The molecule has 0 aliphatic carbocycles. The van der Waals surface area contributed by atoms with Crippen LogP contribution in [0.15, 0.2) is 0 Å². The van der Waals surface area contributed by atoms with Gasteiger partial charge in [0.2, 0.25) is 11.8 Å². The van der Waals surface area contributed by atoms with Crippen LogP contribution in [0.2, 0.25) is 0 Å². The van der Waals surface area contributed by atoms with Gasteiger partial charge >= 0.3 is 0 Å². The van der Waals surface area contributed by atoms with Crippen LogP contribution in [-0.2, 0) is 9.59 Å². The number of rotatable bonds is 5. The Hall–Kier alpha value is -0.380. The molecule has 1 aliphatic heterocycles. The molecule has 1 fully saturated rings. The van der Waals surface area contributed by atoms with Crippen LogP contribution >= 0.6 is 15.9 Å². The highest BCUT2D eigenvalue weighted by molar-refractivity contribution is 9.09. The lowest BCUT2D eigenvalue weighted by molar-refractivity contribution is -0.140. The first kappa shape index (κ1) is 12.7. The molecule has 2 amide bonds. The summed E-state index contributed by atoms with van der Waals surface area (Å²) in [6.45, 7) is 4.79. The molecule has 1 saturated heterocycles. The van der Waals surface area contributed by atoms with Crippen LogP contribution in [0.1, 0.15) is 39.5 Å². The van der Waals surface area contributed by atoms with Gasteiger partial charge in [-0.3, -0.25) is 14.5 Å². The van der Waals surface area contributed by atoms with Crippen LogP contribution in [0.4, 0.5) is 0 Å². The first-order chi connectivity index (χ1) is 7.08. The molecule has 0 spiro atoms. The van der Waals surface area contributed by atoms with Gasteiger partial charge in [-0.05, 0) is 18.3 Å². The van der Waals surface area contributed by atoms with Gasteiger partial charge in [0.25, 0.3) is 0 Å². The predicted octanol–water partition coefficient (Wildman–Crippen LogP) is 2.34. The maximum Gasteiger partial charge on any atom is 0.229 e. The van der Waals surface area contributed by atoms with Gasteiger partial charge in [-0.25, -0.2) is 0 Å². The van der Waals surface area contributed by atoms with E-state index in [0.717, 1.165) is 18.2 Å². The topological polar surface area (TPSA) is 37.4 Å². The second-order valence-electron chi connectivity index (χ2n) is 4.21. The van der Waals surface area contributed by atoms with Crippen molar-refractivity contribution >= 4 is 27.7 Å². The molecule has 15 heavy (non-hydrogen) atoms. The van der Waals surface area contributed by atoms with Crippen molar-refractivity contribution in [3.05, 3.63) is 0 Å². The Morgan fingerprint density at radius 2 is 1.67 bits per heavy atom. The van der Waals surface area contributed by atoms with E-state index in [9.17, 15) is 9.59 Å². The molecule has 0 unspecified atom stereocenters. The molecule has 0 aromatic rings. The van der Waals surface area contributed by atoms with Gasteiger partial charge in [0, 0.05) is 24.7 Å². The van der Waals surface area contributed by atoms with E-state index in [1.165, 1.54) is 4.90 Å². The van der Waals surface area contributed by atoms with Gasteiger partial charge in [0.1, 0.15) is 0 Å². The van der Waals surface area contributed by atoms with Crippen LogP contribution in [0.3, 0.4) is 0 Å². The predicted molar refractivity (Wildman–Crippen MR) is 62.8 cm³/mol. The van der Waals surface area contributed by atoms with E-state index in [-0.39, 0.29) is 17.2 Å². The Kier molecular flexibility index (Phi) is 4.32. The SMILES string of the molecule is CCC(CC)(CBr)CN1C(=O)CCC1=O. The number of carbonyl (C=O) groups is 2. The molecule has 0 atom stereocenters. The highest BCUT2D eigenvalue weighted by atomic mass is 79.9. The molecule has 0 N–H and O–H groups in total. The van der Waals surface area contributed by atoms with Crippen molar-refractivity contribution in [2.75, 3.05) is 11.9 Å². The van der Waals surface area contributed by atoms with Crippen LogP contribution in [0.5, 0.6) is 0 Å². The fourth-order valence-corrected chi connectivity index (χ4v) is 2.81. The molecule has 0 saturated carbocycles.